The van der Waals surface area contributed by atoms with Gasteiger partial charge < -0.3 is 11.1 Å². The zero-order valence-electron chi connectivity index (χ0n) is 13.8. The average molecular weight is 294 g/mol. The third-order valence-electron chi connectivity index (χ3n) is 5.47. The van der Waals surface area contributed by atoms with Gasteiger partial charge in [0, 0.05) is 18.0 Å². The summed E-state index contributed by atoms with van der Waals surface area (Å²) in [5, 5.41) is 3.32. The second-order valence-electron chi connectivity index (χ2n) is 7.35. The molecule has 0 spiro atoms. The lowest BCUT2D eigenvalue weighted by Gasteiger charge is -2.30. The van der Waals surface area contributed by atoms with Gasteiger partial charge in [-0.1, -0.05) is 45.4 Å². The van der Waals surface area contributed by atoms with Crippen molar-refractivity contribution in [3.8, 4) is 0 Å². The fraction of sp³-hybridized carbons (Fsp3) is 0.944. The van der Waals surface area contributed by atoms with Crippen molar-refractivity contribution in [2.75, 3.05) is 0 Å². The highest BCUT2D eigenvalue weighted by atomic mass is 16.1. The fourth-order valence-electron chi connectivity index (χ4n) is 4.11. The lowest BCUT2D eigenvalue weighted by molar-refractivity contribution is -0.126. The molecule has 3 N–H and O–H groups in total. The molecule has 0 bridgehead atoms. The maximum Gasteiger partial charge on any atom is 0.223 e. The molecule has 1 atom stereocenters. The molecule has 21 heavy (non-hydrogen) atoms. The Bertz CT molecular complexity index is 304. The molecule has 3 nitrogen and oxygen atoms in total. The predicted molar refractivity (Wildman–Crippen MR) is 88.0 cm³/mol. The van der Waals surface area contributed by atoms with Gasteiger partial charge in [0.05, 0.1) is 0 Å². The highest BCUT2D eigenvalue weighted by molar-refractivity contribution is 5.78. The van der Waals surface area contributed by atoms with Gasteiger partial charge >= 0.3 is 0 Å². The van der Waals surface area contributed by atoms with Gasteiger partial charge in [0.25, 0.3) is 0 Å². The van der Waals surface area contributed by atoms with Crippen LogP contribution in [0.4, 0.5) is 0 Å². The minimum Gasteiger partial charge on any atom is -0.353 e. The molecule has 2 rings (SSSR count). The summed E-state index contributed by atoms with van der Waals surface area (Å²) in [5.41, 5.74) is 5.95. The first-order chi connectivity index (χ1) is 10.2. The Hall–Kier alpha value is -0.570. The molecule has 0 heterocycles. The first-order valence-electron chi connectivity index (χ1n) is 9.25. The highest BCUT2D eigenvalue weighted by Crippen LogP contribution is 2.31. The van der Waals surface area contributed by atoms with Gasteiger partial charge in [0.1, 0.15) is 0 Å². The lowest BCUT2D eigenvalue weighted by atomic mass is 9.81. The Morgan fingerprint density at radius 1 is 1.10 bits per heavy atom. The van der Waals surface area contributed by atoms with E-state index in [1.807, 2.05) is 0 Å². The third kappa shape index (κ3) is 5.61. The van der Waals surface area contributed by atoms with Gasteiger partial charge in [-0.25, -0.2) is 0 Å². The summed E-state index contributed by atoms with van der Waals surface area (Å²) in [4.78, 5) is 12.6. The number of carbonyl (C=O) groups excluding carboxylic acids is 1. The number of carbonyl (C=O) groups is 1. The summed E-state index contributed by atoms with van der Waals surface area (Å²) >= 11 is 0. The van der Waals surface area contributed by atoms with E-state index in [0.29, 0.717) is 18.0 Å². The standard InChI is InChI=1S/C18H34N2O/c1-2-6-15(13-14-7-4-3-5-8-14)18(21)20-17-11-9-16(19)10-12-17/h14-17H,2-13,19H2,1H3,(H,20,21). The molecular formula is C18H34N2O. The van der Waals surface area contributed by atoms with Gasteiger partial charge in [-0.05, 0) is 44.4 Å². The lowest BCUT2D eigenvalue weighted by Crippen LogP contribution is -2.43. The smallest absolute Gasteiger partial charge is 0.223 e. The minimum absolute atomic E-state index is 0.244. The largest absolute Gasteiger partial charge is 0.353 e. The maximum atomic E-state index is 12.6. The number of nitrogens with two attached hydrogens (primary N) is 1. The molecule has 2 aliphatic rings. The molecular weight excluding hydrogens is 260 g/mol. The zero-order valence-corrected chi connectivity index (χ0v) is 13.8. The molecule has 1 unspecified atom stereocenters. The molecule has 2 fully saturated rings. The van der Waals surface area contributed by atoms with Crippen molar-refractivity contribution in [3.05, 3.63) is 0 Å². The number of rotatable bonds is 6. The third-order valence-corrected chi connectivity index (χ3v) is 5.47. The van der Waals surface area contributed by atoms with Crippen LogP contribution in [0.1, 0.15) is 84.0 Å². The molecule has 0 radical (unpaired) electrons. The highest BCUT2D eigenvalue weighted by Gasteiger charge is 2.26. The van der Waals surface area contributed by atoms with Crippen LogP contribution in [0.2, 0.25) is 0 Å². The summed E-state index contributed by atoms with van der Waals surface area (Å²) in [5.74, 6) is 1.36. The maximum absolute atomic E-state index is 12.6. The van der Waals surface area contributed by atoms with E-state index in [9.17, 15) is 4.79 Å². The summed E-state index contributed by atoms with van der Waals surface area (Å²) in [6.07, 6.45) is 14.3. The monoisotopic (exact) mass is 294 g/mol. The van der Waals surface area contributed by atoms with Crippen LogP contribution < -0.4 is 11.1 Å². The van der Waals surface area contributed by atoms with Crippen LogP contribution in [0.25, 0.3) is 0 Å². The molecule has 0 aliphatic heterocycles. The molecule has 0 aromatic heterocycles. The Morgan fingerprint density at radius 3 is 2.38 bits per heavy atom. The van der Waals surface area contributed by atoms with Crippen LogP contribution in [0.3, 0.4) is 0 Å². The van der Waals surface area contributed by atoms with E-state index in [0.717, 1.165) is 50.9 Å². The molecule has 0 saturated heterocycles. The van der Waals surface area contributed by atoms with Crippen LogP contribution in [0.5, 0.6) is 0 Å². The van der Waals surface area contributed by atoms with Crippen LogP contribution in [0.15, 0.2) is 0 Å². The quantitative estimate of drug-likeness (QED) is 0.783. The molecule has 0 aromatic rings. The normalized spacial score (nSPS) is 29.0. The number of amides is 1. The van der Waals surface area contributed by atoms with Crippen molar-refractivity contribution in [3.63, 3.8) is 0 Å². The molecule has 1 amide bonds. The zero-order chi connectivity index (χ0) is 15.1. The van der Waals surface area contributed by atoms with Crippen molar-refractivity contribution in [2.24, 2.45) is 17.6 Å². The first kappa shape index (κ1) is 16.8. The predicted octanol–water partition coefficient (Wildman–Crippen LogP) is 3.76. The number of nitrogens with one attached hydrogen (secondary N) is 1. The van der Waals surface area contributed by atoms with Gasteiger partial charge in [-0.2, -0.15) is 0 Å². The van der Waals surface area contributed by atoms with Gasteiger partial charge in [-0.15, -0.1) is 0 Å². The van der Waals surface area contributed by atoms with Crippen molar-refractivity contribution in [1.82, 2.24) is 5.32 Å². The topological polar surface area (TPSA) is 55.1 Å². The van der Waals surface area contributed by atoms with Crippen LogP contribution >= 0.6 is 0 Å². The molecule has 0 aromatic carbocycles. The van der Waals surface area contributed by atoms with Crippen LogP contribution in [-0.4, -0.2) is 18.0 Å². The van der Waals surface area contributed by atoms with Gasteiger partial charge in [0.2, 0.25) is 5.91 Å². The molecule has 2 saturated carbocycles. The van der Waals surface area contributed by atoms with Crippen molar-refractivity contribution in [2.45, 2.75) is 96.1 Å². The summed E-state index contributed by atoms with van der Waals surface area (Å²) in [7, 11) is 0. The Labute approximate surface area is 130 Å². The van der Waals surface area contributed by atoms with Crippen LogP contribution in [-0.2, 0) is 4.79 Å². The second-order valence-corrected chi connectivity index (χ2v) is 7.35. The van der Waals surface area contributed by atoms with E-state index in [4.69, 9.17) is 5.73 Å². The molecule has 2 aliphatic carbocycles. The summed E-state index contributed by atoms with van der Waals surface area (Å²) in [6.45, 7) is 2.20. The van der Waals surface area contributed by atoms with E-state index in [1.54, 1.807) is 0 Å². The van der Waals surface area contributed by atoms with E-state index < -0.39 is 0 Å². The van der Waals surface area contributed by atoms with Crippen molar-refractivity contribution < 1.29 is 4.79 Å². The van der Waals surface area contributed by atoms with E-state index in [1.165, 1.54) is 32.1 Å². The van der Waals surface area contributed by atoms with E-state index in [-0.39, 0.29) is 5.92 Å². The van der Waals surface area contributed by atoms with E-state index in [2.05, 4.69) is 12.2 Å². The fourth-order valence-corrected chi connectivity index (χ4v) is 4.11. The number of hydrogen-bond acceptors (Lipinski definition) is 2. The van der Waals surface area contributed by atoms with E-state index >= 15 is 0 Å². The van der Waals surface area contributed by atoms with Crippen molar-refractivity contribution in [1.29, 1.82) is 0 Å². The molecule has 122 valence electrons. The summed E-state index contributed by atoms with van der Waals surface area (Å²) in [6, 6.07) is 0.731. The average Bonchev–Trinajstić information content (AvgIpc) is 2.50. The Kier molecular flexibility index (Phi) is 7.01. The van der Waals surface area contributed by atoms with Gasteiger partial charge in [0.15, 0.2) is 0 Å². The SMILES string of the molecule is CCCC(CC1CCCCC1)C(=O)NC1CCC(N)CC1. The van der Waals surface area contributed by atoms with Crippen molar-refractivity contribution >= 4 is 5.91 Å². The molecule has 3 heteroatoms. The summed E-state index contributed by atoms with van der Waals surface area (Å²) < 4.78 is 0. The Morgan fingerprint density at radius 2 is 1.76 bits per heavy atom. The second kappa shape index (κ2) is 8.77. The Balaban J connectivity index is 1.80. The van der Waals surface area contributed by atoms with Gasteiger partial charge in [-0.3, -0.25) is 4.79 Å². The number of hydrogen-bond donors (Lipinski definition) is 2. The first-order valence-corrected chi connectivity index (χ1v) is 9.25. The minimum atomic E-state index is 0.244. The van der Waals surface area contributed by atoms with Crippen LogP contribution in [0, 0.1) is 11.8 Å².